The molecule has 0 aliphatic heterocycles. The van der Waals surface area contributed by atoms with E-state index >= 15 is 0 Å². The van der Waals surface area contributed by atoms with Gasteiger partial charge < -0.3 is 19.7 Å². The van der Waals surface area contributed by atoms with Gasteiger partial charge in [-0.25, -0.2) is 8.42 Å². The molecule has 38 heavy (non-hydrogen) atoms. The molecule has 0 bridgehead atoms. The Morgan fingerprint density at radius 2 is 1.61 bits per heavy atom. The van der Waals surface area contributed by atoms with E-state index in [-0.39, 0.29) is 28.8 Å². The molecule has 0 radical (unpaired) electrons. The lowest BCUT2D eigenvalue weighted by Crippen LogP contribution is -2.50. The first-order chi connectivity index (χ1) is 18.1. The molecule has 3 aromatic carbocycles. The Morgan fingerprint density at radius 1 is 0.947 bits per heavy atom. The molecule has 0 heterocycles. The van der Waals surface area contributed by atoms with Crippen LogP contribution < -0.4 is 19.1 Å². The van der Waals surface area contributed by atoms with Crippen LogP contribution in [-0.2, 0) is 26.2 Å². The summed E-state index contributed by atoms with van der Waals surface area (Å²) in [6.45, 7) is 3.07. The van der Waals surface area contributed by atoms with Gasteiger partial charge in [0, 0.05) is 19.7 Å². The minimum Gasteiger partial charge on any atom is -0.497 e. The number of sulfonamides is 1. The Bertz CT molecular complexity index is 1380. The van der Waals surface area contributed by atoms with Crippen molar-refractivity contribution in [1.82, 2.24) is 10.2 Å². The van der Waals surface area contributed by atoms with E-state index in [0.717, 1.165) is 15.4 Å². The maximum atomic E-state index is 13.9. The minimum atomic E-state index is -4.22. The van der Waals surface area contributed by atoms with E-state index in [9.17, 15) is 18.0 Å². The van der Waals surface area contributed by atoms with Crippen molar-refractivity contribution in [3.8, 4) is 11.5 Å². The number of nitrogens with one attached hydrogen (secondary N) is 1. The van der Waals surface area contributed by atoms with E-state index in [2.05, 4.69) is 5.32 Å². The van der Waals surface area contributed by atoms with Crippen LogP contribution in [0.2, 0.25) is 0 Å². The summed E-state index contributed by atoms with van der Waals surface area (Å²) in [6.07, 6.45) is 0. The largest absolute Gasteiger partial charge is 0.497 e. The molecule has 2 amide bonds. The number of aryl methyl sites for hydroxylation is 1. The van der Waals surface area contributed by atoms with E-state index in [1.54, 1.807) is 37.3 Å². The summed E-state index contributed by atoms with van der Waals surface area (Å²) in [5.74, 6) is -0.308. The van der Waals surface area contributed by atoms with Crippen LogP contribution in [0, 0.1) is 6.92 Å². The molecule has 0 aliphatic rings. The maximum Gasteiger partial charge on any atom is 0.264 e. The Kier molecular flexibility index (Phi) is 9.35. The molecule has 0 aromatic heterocycles. The molecule has 3 aromatic rings. The predicted octanol–water partition coefficient (Wildman–Crippen LogP) is 3.37. The third-order valence-corrected chi connectivity index (χ3v) is 8.05. The number of rotatable bonds is 11. The number of hydrogen-bond donors (Lipinski definition) is 1. The first-order valence-electron chi connectivity index (χ1n) is 12.0. The summed E-state index contributed by atoms with van der Waals surface area (Å²) in [6, 6.07) is 19.2. The molecular weight excluding hydrogens is 506 g/mol. The zero-order chi connectivity index (χ0) is 27.9. The Labute approximate surface area is 224 Å². The molecule has 0 saturated heterocycles. The molecule has 202 valence electrons. The van der Waals surface area contributed by atoms with Gasteiger partial charge in [0.25, 0.3) is 10.0 Å². The number of carbonyl (C=O) groups is 2. The lowest BCUT2D eigenvalue weighted by Gasteiger charge is -2.32. The van der Waals surface area contributed by atoms with Crippen molar-refractivity contribution >= 4 is 27.5 Å². The highest BCUT2D eigenvalue weighted by Crippen LogP contribution is 2.36. The fourth-order valence-corrected chi connectivity index (χ4v) is 5.42. The first-order valence-corrected chi connectivity index (χ1v) is 13.4. The molecule has 0 unspecified atom stereocenters. The zero-order valence-corrected chi connectivity index (χ0v) is 23.0. The molecule has 1 atom stereocenters. The van der Waals surface area contributed by atoms with Crippen molar-refractivity contribution in [2.45, 2.75) is 31.3 Å². The lowest BCUT2D eigenvalue weighted by molar-refractivity contribution is -0.139. The van der Waals surface area contributed by atoms with Crippen molar-refractivity contribution < 1.29 is 27.5 Å². The van der Waals surface area contributed by atoms with Gasteiger partial charge in [0.2, 0.25) is 11.8 Å². The quantitative estimate of drug-likeness (QED) is 0.401. The van der Waals surface area contributed by atoms with Crippen molar-refractivity contribution in [1.29, 1.82) is 0 Å². The number of ether oxygens (including phenoxy) is 2. The van der Waals surface area contributed by atoms with Crippen molar-refractivity contribution in [3.63, 3.8) is 0 Å². The zero-order valence-electron chi connectivity index (χ0n) is 22.2. The number of benzene rings is 3. The fraction of sp³-hybridized carbons (Fsp3) is 0.286. The second-order valence-corrected chi connectivity index (χ2v) is 10.5. The number of hydrogen-bond acceptors (Lipinski definition) is 6. The van der Waals surface area contributed by atoms with Crippen LogP contribution in [-0.4, -0.2) is 59.0 Å². The van der Waals surface area contributed by atoms with Crippen LogP contribution in [0.4, 0.5) is 5.69 Å². The average Bonchev–Trinajstić information content (AvgIpc) is 2.94. The number of nitrogens with zero attached hydrogens (tertiary/aromatic N) is 2. The van der Waals surface area contributed by atoms with Gasteiger partial charge in [-0.1, -0.05) is 42.5 Å². The number of carbonyl (C=O) groups excluding carboxylic acids is 2. The van der Waals surface area contributed by atoms with Gasteiger partial charge in [-0.3, -0.25) is 13.9 Å². The second-order valence-electron chi connectivity index (χ2n) is 8.60. The average molecular weight is 540 g/mol. The van der Waals surface area contributed by atoms with E-state index in [4.69, 9.17) is 9.47 Å². The molecule has 9 nitrogen and oxygen atoms in total. The summed E-state index contributed by atoms with van der Waals surface area (Å²) in [7, 11) is 0.141. The van der Waals surface area contributed by atoms with E-state index in [0.29, 0.717) is 5.75 Å². The van der Waals surface area contributed by atoms with Crippen LogP contribution in [0.1, 0.15) is 18.1 Å². The highest BCUT2D eigenvalue weighted by molar-refractivity contribution is 7.92. The monoisotopic (exact) mass is 539 g/mol. The van der Waals surface area contributed by atoms with Crippen molar-refractivity contribution in [3.05, 3.63) is 83.9 Å². The van der Waals surface area contributed by atoms with Gasteiger partial charge in [-0.05, 0) is 49.2 Å². The summed E-state index contributed by atoms with van der Waals surface area (Å²) < 4.78 is 39.6. The summed E-state index contributed by atoms with van der Waals surface area (Å²) in [4.78, 5) is 27.9. The highest BCUT2D eigenvalue weighted by atomic mass is 32.2. The van der Waals surface area contributed by atoms with Crippen LogP contribution in [0.3, 0.4) is 0 Å². The van der Waals surface area contributed by atoms with Gasteiger partial charge in [-0.15, -0.1) is 0 Å². The Morgan fingerprint density at radius 3 is 2.21 bits per heavy atom. The smallest absolute Gasteiger partial charge is 0.264 e. The van der Waals surface area contributed by atoms with Crippen molar-refractivity contribution in [2.75, 3.05) is 32.1 Å². The van der Waals surface area contributed by atoms with Crippen LogP contribution in [0.25, 0.3) is 0 Å². The number of anilines is 1. The first kappa shape index (κ1) is 28.5. The standard InChI is InChI=1S/C28H33N3O6S/c1-20-11-9-10-12-22(20)18-30(21(2)28(33)29-3)27(32)19-31(38(34,35)24-13-7-6-8-14-24)25-17-23(36-4)15-16-26(25)37-5/h6-17,21H,18-19H2,1-5H3,(H,29,33)/t21-/m1/s1. The fourth-order valence-electron chi connectivity index (χ4n) is 3.99. The molecule has 0 fully saturated rings. The molecule has 10 heteroatoms. The second kappa shape index (κ2) is 12.5. The summed E-state index contributed by atoms with van der Waals surface area (Å²) in [5.41, 5.74) is 1.91. The molecule has 0 aliphatic carbocycles. The molecule has 0 spiro atoms. The SMILES string of the molecule is CNC(=O)[C@@H](C)N(Cc1ccccc1C)C(=O)CN(c1cc(OC)ccc1OC)S(=O)(=O)c1ccccc1. The lowest BCUT2D eigenvalue weighted by atomic mass is 10.1. The normalized spacial score (nSPS) is 11.8. The third kappa shape index (κ3) is 6.25. The molecule has 0 saturated carbocycles. The Hall–Kier alpha value is -4.05. The minimum absolute atomic E-state index is 0.00229. The van der Waals surface area contributed by atoms with Gasteiger partial charge in [0.1, 0.15) is 24.1 Å². The van der Waals surface area contributed by atoms with E-state index in [1.807, 2.05) is 31.2 Å². The predicted molar refractivity (Wildman–Crippen MR) is 146 cm³/mol. The van der Waals surface area contributed by atoms with Crippen LogP contribution in [0.15, 0.2) is 77.7 Å². The Balaban J connectivity index is 2.13. The van der Waals surface area contributed by atoms with Crippen molar-refractivity contribution in [2.24, 2.45) is 0 Å². The summed E-state index contributed by atoms with van der Waals surface area (Å²) >= 11 is 0. The topological polar surface area (TPSA) is 105 Å². The van der Waals surface area contributed by atoms with E-state index < -0.39 is 28.5 Å². The highest BCUT2D eigenvalue weighted by Gasteiger charge is 2.34. The third-order valence-electron chi connectivity index (χ3n) is 6.28. The van der Waals surface area contributed by atoms with Crippen LogP contribution in [0.5, 0.6) is 11.5 Å². The molecule has 1 N–H and O–H groups in total. The summed E-state index contributed by atoms with van der Waals surface area (Å²) in [5, 5.41) is 2.57. The number of methoxy groups -OCH3 is 2. The number of likely N-dealkylation sites (N-methyl/N-ethyl adjacent to an activating group) is 1. The van der Waals surface area contributed by atoms with Gasteiger partial charge in [0.15, 0.2) is 0 Å². The molecular formula is C28H33N3O6S. The van der Waals surface area contributed by atoms with E-state index in [1.165, 1.54) is 44.4 Å². The number of amides is 2. The molecule has 3 rings (SSSR count). The van der Waals surface area contributed by atoms with Gasteiger partial charge >= 0.3 is 0 Å². The van der Waals surface area contributed by atoms with Gasteiger partial charge in [-0.2, -0.15) is 0 Å². The maximum absolute atomic E-state index is 13.9. The van der Waals surface area contributed by atoms with Gasteiger partial charge in [0.05, 0.1) is 24.8 Å². The van der Waals surface area contributed by atoms with Crippen LogP contribution >= 0.6 is 0 Å².